The van der Waals surface area contributed by atoms with Gasteiger partial charge in [0.15, 0.2) is 0 Å². The van der Waals surface area contributed by atoms with E-state index in [4.69, 9.17) is 11.6 Å². The Morgan fingerprint density at radius 2 is 1.84 bits per heavy atom. The van der Waals surface area contributed by atoms with Crippen LogP contribution in [0.25, 0.3) is 0 Å². The fourth-order valence-corrected chi connectivity index (χ4v) is 3.77. The molecule has 0 bridgehead atoms. The van der Waals surface area contributed by atoms with Crippen LogP contribution >= 0.6 is 27.5 Å². The summed E-state index contributed by atoms with van der Waals surface area (Å²) in [5.41, 5.74) is 0.812. The van der Waals surface area contributed by atoms with Crippen LogP contribution < -0.4 is 0 Å². The van der Waals surface area contributed by atoms with Crippen LogP contribution in [0.15, 0.2) is 22.7 Å². The van der Waals surface area contributed by atoms with E-state index in [2.05, 4.69) is 15.9 Å². The number of nitrogens with zero attached hydrogens (tertiary/aromatic N) is 1. The Morgan fingerprint density at radius 1 is 1.21 bits per heavy atom. The summed E-state index contributed by atoms with van der Waals surface area (Å²) in [7, 11) is 0. The monoisotopic (exact) mass is 341 g/mol. The zero-order chi connectivity index (χ0) is 13.6. The molecule has 1 aliphatic heterocycles. The molecule has 1 aromatic rings. The fraction of sp³-hybridized carbons (Fsp3) is 0.429. The van der Waals surface area contributed by atoms with Gasteiger partial charge in [-0.05, 0) is 30.5 Å². The predicted octanol–water partition coefficient (Wildman–Crippen LogP) is 3.39. The molecule has 0 radical (unpaired) electrons. The molecule has 2 fully saturated rings. The number of benzene rings is 1. The molecule has 1 saturated carbocycles. The van der Waals surface area contributed by atoms with Crippen molar-refractivity contribution in [1.82, 2.24) is 4.90 Å². The molecular weight excluding hydrogens is 330 g/mol. The van der Waals surface area contributed by atoms with Crippen molar-refractivity contribution in [2.75, 3.05) is 0 Å². The molecule has 1 heterocycles. The molecular formula is C14H13BrClNO2. The third-order valence-corrected chi connectivity index (χ3v) is 4.87. The molecule has 19 heavy (non-hydrogen) atoms. The molecule has 0 N–H and O–H groups in total. The second-order valence-corrected chi connectivity index (χ2v) is 6.47. The van der Waals surface area contributed by atoms with Crippen molar-refractivity contribution in [1.29, 1.82) is 0 Å². The quantitative estimate of drug-likeness (QED) is 0.773. The summed E-state index contributed by atoms with van der Waals surface area (Å²) < 4.78 is 0.886. The Labute approximate surface area is 125 Å². The lowest BCUT2D eigenvalue weighted by Gasteiger charge is -2.16. The zero-order valence-corrected chi connectivity index (χ0v) is 12.6. The van der Waals surface area contributed by atoms with Crippen molar-refractivity contribution < 1.29 is 9.59 Å². The van der Waals surface area contributed by atoms with Crippen LogP contribution in [0.5, 0.6) is 0 Å². The molecule has 5 heteroatoms. The Hall–Kier alpha value is -0.870. The number of carbonyl (C=O) groups is 2. The van der Waals surface area contributed by atoms with E-state index in [1.807, 2.05) is 12.1 Å². The largest absolute Gasteiger partial charge is 0.278 e. The molecule has 2 aliphatic rings. The number of amides is 2. The van der Waals surface area contributed by atoms with E-state index in [0.717, 1.165) is 29.3 Å². The number of fused-ring (bicyclic) bond motifs is 1. The second-order valence-electron chi connectivity index (χ2n) is 5.14. The van der Waals surface area contributed by atoms with Crippen molar-refractivity contribution in [2.45, 2.75) is 25.8 Å². The molecule has 1 aromatic carbocycles. The fourth-order valence-electron chi connectivity index (χ4n) is 3.04. The first-order valence-corrected chi connectivity index (χ1v) is 7.54. The first-order chi connectivity index (χ1) is 9.08. The van der Waals surface area contributed by atoms with Crippen molar-refractivity contribution >= 4 is 39.3 Å². The zero-order valence-electron chi connectivity index (χ0n) is 10.2. The van der Waals surface area contributed by atoms with Gasteiger partial charge in [0.25, 0.3) is 0 Å². The van der Waals surface area contributed by atoms with Gasteiger partial charge in [-0.1, -0.05) is 40.0 Å². The van der Waals surface area contributed by atoms with Gasteiger partial charge >= 0.3 is 0 Å². The summed E-state index contributed by atoms with van der Waals surface area (Å²) in [6, 6.07) is 5.50. The number of imide groups is 1. The van der Waals surface area contributed by atoms with Crippen LogP contribution in [0.3, 0.4) is 0 Å². The SMILES string of the molecule is O=C1C2CCCC2C(=O)N1Cc1ccc(Br)cc1Cl. The summed E-state index contributed by atoms with van der Waals surface area (Å²) in [5, 5.41) is 0.576. The minimum Gasteiger partial charge on any atom is -0.278 e. The molecule has 0 spiro atoms. The van der Waals surface area contributed by atoms with Gasteiger partial charge < -0.3 is 0 Å². The lowest BCUT2D eigenvalue weighted by Crippen LogP contribution is -2.31. The third-order valence-electron chi connectivity index (χ3n) is 4.03. The van der Waals surface area contributed by atoms with Crippen LogP contribution in [0.4, 0.5) is 0 Å². The van der Waals surface area contributed by atoms with Crippen LogP contribution in [0, 0.1) is 11.8 Å². The molecule has 2 unspecified atom stereocenters. The molecule has 3 rings (SSSR count). The van der Waals surface area contributed by atoms with Crippen molar-refractivity contribution in [3.05, 3.63) is 33.3 Å². The van der Waals surface area contributed by atoms with Gasteiger partial charge in [-0.2, -0.15) is 0 Å². The number of rotatable bonds is 2. The third kappa shape index (κ3) is 2.21. The first-order valence-electron chi connectivity index (χ1n) is 6.37. The van der Waals surface area contributed by atoms with Crippen molar-refractivity contribution in [3.63, 3.8) is 0 Å². The lowest BCUT2D eigenvalue weighted by molar-refractivity contribution is -0.141. The molecule has 2 amide bonds. The van der Waals surface area contributed by atoms with Crippen LogP contribution in [0.1, 0.15) is 24.8 Å². The number of halogens is 2. The first kappa shape index (κ1) is 13.1. The topological polar surface area (TPSA) is 37.4 Å². The summed E-state index contributed by atoms with van der Waals surface area (Å²) in [4.78, 5) is 25.8. The van der Waals surface area contributed by atoms with Crippen LogP contribution in [-0.2, 0) is 16.1 Å². The molecule has 1 aliphatic carbocycles. The molecule has 2 atom stereocenters. The van der Waals surface area contributed by atoms with Crippen LogP contribution in [0.2, 0.25) is 5.02 Å². The highest BCUT2D eigenvalue weighted by Gasteiger charge is 2.49. The Kier molecular flexibility index (Phi) is 3.39. The minimum atomic E-state index is -0.0817. The van der Waals surface area contributed by atoms with Gasteiger partial charge in [0.2, 0.25) is 11.8 Å². The van der Waals surface area contributed by atoms with E-state index >= 15 is 0 Å². The maximum absolute atomic E-state index is 12.2. The summed E-state index contributed by atoms with van der Waals surface area (Å²) in [5.74, 6) is -0.207. The minimum absolute atomic E-state index is 0.0218. The number of carbonyl (C=O) groups excluding carboxylic acids is 2. The lowest BCUT2D eigenvalue weighted by atomic mass is 10.00. The van der Waals surface area contributed by atoms with E-state index in [9.17, 15) is 9.59 Å². The van der Waals surface area contributed by atoms with Gasteiger partial charge in [0.05, 0.1) is 18.4 Å². The normalized spacial score (nSPS) is 26.1. The van der Waals surface area contributed by atoms with E-state index in [0.29, 0.717) is 5.02 Å². The number of hydrogen-bond donors (Lipinski definition) is 0. The van der Waals surface area contributed by atoms with Gasteiger partial charge in [-0.3, -0.25) is 14.5 Å². The standard InChI is InChI=1S/C14H13BrClNO2/c15-9-5-4-8(12(16)6-9)7-17-13(18)10-2-1-3-11(10)14(17)19/h4-6,10-11H,1-3,7H2. The molecule has 3 nitrogen and oxygen atoms in total. The van der Waals surface area contributed by atoms with Gasteiger partial charge in [-0.25, -0.2) is 0 Å². The average molecular weight is 343 g/mol. The van der Waals surface area contributed by atoms with E-state index in [1.54, 1.807) is 6.07 Å². The Balaban J connectivity index is 1.84. The van der Waals surface area contributed by atoms with Crippen molar-refractivity contribution in [3.8, 4) is 0 Å². The Bertz CT molecular complexity index is 538. The Morgan fingerprint density at radius 3 is 2.42 bits per heavy atom. The average Bonchev–Trinajstić information content (AvgIpc) is 2.92. The summed E-state index contributed by atoms with van der Waals surface area (Å²) in [6.45, 7) is 0.288. The highest BCUT2D eigenvalue weighted by Crippen LogP contribution is 2.40. The summed E-state index contributed by atoms with van der Waals surface area (Å²) >= 11 is 9.48. The van der Waals surface area contributed by atoms with Crippen LogP contribution in [-0.4, -0.2) is 16.7 Å². The number of hydrogen-bond acceptors (Lipinski definition) is 2. The van der Waals surface area contributed by atoms with Gasteiger partial charge in [-0.15, -0.1) is 0 Å². The number of likely N-dealkylation sites (tertiary alicyclic amines) is 1. The maximum Gasteiger partial charge on any atom is 0.233 e. The molecule has 0 aromatic heterocycles. The predicted molar refractivity (Wildman–Crippen MR) is 75.5 cm³/mol. The maximum atomic E-state index is 12.2. The highest BCUT2D eigenvalue weighted by atomic mass is 79.9. The highest BCUT2D eigenvalue weighted by molar-refractivity contribution is 9.10. The van der Waals surface area contributed by atoms with Crippen molar-refractivity contribution in [2.24, 2.45) is 11.8 Å². The van der Waals surface area contributed by atoms with E-state index in [1.165, 1.54) is 4.90 Å². The van der Waals surface area contributed by atoms with E-state index in [-0.39, 0.29) is 30.2 Å². The van der Waals surface area contributed by atoms with E-state index < -0.39 is 0 Å². The smallest absolute Gasteiger partial charge is 0.233 e. The summed E-state index contributed by atoms with van der Waals surface area (Å²) in [6.07, 6.45) is 2.68. The molecule has 1 saturated heterocycles. The van der Waals surface area contributed by atoms with Gasteiger partial charge in [0.1, 0.15) is 0 Å². The molecule has 100 valence electrons. The second kappa shape index (κ2) is 4.91. The van der Waals surface area contributed by atoms with Gasteiger partial charge in [0, 0.05) is 9.50 Å².